The lowest BCUT2D eigenvalue weighted by atomic mass is 10.1. The highest BCUT2D eigenvalue weighted by atomic mass is 15.0. The number of nitrogens with zero attached hydrogens (tertiary/aromatic N) is 3. The molecule has 2 aromatic carbocycles. The van der Waals surface area contributed by atoms with E-state index in [2.05, 4.69) is 56.6 Å². The Morgan fingerprint density at radius 3 is 2.19 bits per heavy atom. The standard InChI is InChI=1S/C24H25N3/c1-6-17(5)21-14-13-20(15-18(21)7-2)24-26-22(16(3)4)25-23(27-24)19-11-9-8-10-12-19/h6-16H,1H2,2-5H3/b18-7-,21-17+. The third kappa shape index (κ3) is 4.03. The summed E-state index contributed by atoms with van der Waals surface area (Å²) in [5.41, 5.74) is 3.14. The Balaban J connectivity index is 2.23. The smallest absolute Gasteiger partial charge is 0.163 e. The summed E-state index contributed by atoms with van der Waals surface area (Å²) in [4.78, 5) is 14.2. The molecule has 0 spiro atoms. The van der Waals surface area contributed by atoms with Crippen LogP contribution in [0.2, 0.25) is 0 Å². The van der Waals surface area contributed by atoms with Crippen molar-refractivity contribution in [2.24, 2.45) is 0 Å². The van der Waals surface area contributed by atoms with Crippen LogP contribution in [0.1, 0.15) is 39.4 Å². The lowest BCUT2D eigenvalue weighted by Gasteiger charge is -2.10. The van der Waals surface area contributed by atoms with Crippen molar-refractivity contribution >= 4 is 11.6 Å². The van der Waals surface area contributed by atoms with Crippen LogP contribution < -0.4 is 10.4 Å². The minimum Gasteiger partial charge on any atom is -0.213 e. The molecule has 27 heavy (non-hydrogen) atoms. The van der Waals surface area contributed by atoms with E-state index in [0.717, 1.165) is 27.7 Å². The molecule has 0 aliphatic rings. The van der Waals surface area contributed by atoms with E-state index in [1.807, 2.05) is 43.3 Å². The molecule has 0 atom stereocenters. The molecule has 0 amide bonds. The molecule has 3 nitrogen and oxygen atoms in total. The van der Waals surface area contributed by atoms with Crippen LogP contribution in [0.25, 0.3) is 34.4 Å². The van der Waals surface area contributed by atoms with Crippen LogP contribution in [0.15, 0.2) is 61.2 Å². The number of hydrogen-bond acceptors (Lipinski definition) is 3. The first-order chi connectivity index (χ1) is 13.0. The van der Waals surface area contributed by atoms with Gasteiger partial charge in [0, 0.05) is 17.0 Å². The number of benzene rings is 2. The highest BCUT2D eigenvalue weighted by molar-refractivity contribution is 5.63. The average molecular weight is 355 g/mol. The maximum atomic E-state index is 4.76. The van der Waals surface area contributed by atoms with E-state index in [9.17, 15) is 0 Å². The van der Waals surface area contributed by atoms with Gasteiger partial charge in [-0.2, -0.15) is 0 Å². The van der Waals surface area contributed by atoms with Crippen LogP contribution in [-0.2, 0) is 0 Å². The zero-order valence-corrected chi connectivity index (χ0v) is 16.4. The second kappa shape index (κ2) is 8.09. The van der Waals surface area contributed by atoms with Gasteiger partial charge in [-0.1, -0.05) is 75.0 Å². The monoisotopic (exact) mass is 355 g/mol. The molecule has 136 valence electrons. The molecule has 0 fully saturated rings. The Kier molecular flexibility index (Phi) is 5.60. The Bertz CT molecular complexity index is 1080. The first kappa shape index (κ1) is 18.7. The third-order valence-corrected chi connectivity index (χ3v) is 4.55. The van der Waals surface area contributed by atoms with Gasteiger partial charge in [-0.15, -0.1) is 0 Å². The predicted molar refractivity (Wildman–Crippen MR) is 113 cm³/mol. The van der Waals surface area contributed by atoms with Gasteiger partial charge in [-0.25, -0.2) is 15.0 Å². The largest absolute Gasteiger partial charge is 0.213 e. The van der Waals surface area contributed by atoms with Crippen molar-refractivity contribution in [3.8, 4) is 22.8 Å². The van der Waals surface area contributed by atoms with Gasteiger partial charge in [-0.05, 0) is 35.9 Å². The fraction of sp³-hybridized carbons (Fsp3) is 0.208. The second-order valence-electron chi connectivity index (χ2n) is 6.84. The van der Waals surface area contributed by atoms with E-state index in [1.165, 1.54) is 5.22 Å². The van der Waals surface area contributed by atoms with Crippen molar-refractivity contribution in [3.63, 3.8) is 0 Å². The Labute approximate surface area is 160 Å². The van der Waals surface area contributed by atoms with Gasteiger partial charge in [0.1, 0.15) is 5.82 Å². The molecule has 0 aliphatic carbocycles. The molecule has 0 radical (unpaired) electrons. The quantitative estimate of drug-likeness (QED) is 0.692. The second-order valence-corrected chi connectivity index (χ2v) is 6.84. The summed E-state index contributed by atoms with van der Waals surface area (Å²) in [6, 6.07) is 16.4. The Morgan fingerprint density at radius 1 is 0.926 bits per heavy atom. The lowest BCUT2D eigenvalue weighted by Crippen LogP contribution is -2.25. The zero-order chi connectivity index (χ0) is 19.4. The number of rotatable bonds is 4. The van der Waals surface area contributed by atoms with E-state index in [0.29, 0.717) is 11.6 Å². The lowest BCUT2D eigenvalue weighted by molar-refractivity contribution is 0.766. The van der Waals surface area contributed by atoms with Crippen molar-refractivity contribution < 1.29 is 0 Å². The highest BCUT2D eigenvalue weighted by Gasteiger charge is 2.12. The molecule has 0 N–H and O–H groups in total. The predicted octanol–water partition coefficient (Wildman–Crippen LogP) is 4.49. The molecule has 1 heterocycles. The summed E-state index contributed by atoms with van der Waals surface area (Å²) in [7, 11) is 0. The van der Waals surface area contributed by atoms with Gasteiger partial charge in [0.25, 0.3) is 0 Å². The van der Waals surface area contributed by atoms with Crippen LogP contribution in [0.3, 0.4) is 0 Å². The maximum Gasteiger partial charge on any atom is 0.163 e. The molecule has 0 bridgehead atoms. The molecule has 0 saturated heterocycles. The van der Waals surface area contributed by atoms with Crippen molar-refractivity contribution in [3.05, 3.63) is 77.4 Å². The summed E-state index contributed by atoms with van der Waals surface area (Å²) < 4.78 is 0. The van der Waals surface area contributed by atoms with Crippen LogP contribution >= 0.6 is 0 Å². The van der Waals surface area contributed by atoms with Gasteiger partial charge in [-0.3, -0.25) is 0 Å². The number of hydrogen-bond donors (Lipinski definition) is 0. The molecule has 3 aromatic rings. The minimum absolute atomic E-state index is 0.224. The minimum atomic E-state index is 0.224. The SMILES string of the molecule is C=C/C(C)=c1\ccc(-c2nc(-c3ccccc3)nc(C(C)C)n2)c\c1=C\C. The molecule has 3 rings (SSSR count). The summed E-state index contributed by atoms with van der Waals surface area (Å²) in [5, 5.41) is 2.33. The fourth-order valence-electron chi connectivity index (χ4n) is 2.91. The van der Waals surface area contributed by atoms with E-state index in [-0.39, 0.29) is 5.92 Å². The van der Waals surface area contributed by atoms with Gasteiger partial charge in [0.05, 0.1) is 0 Å². The van der Waals surface area contributed by atoms with E-state index >= 15 is 0 Å². The summed E-state index contributed by atoms with van der Waals surface area (Å²) in [6.07, 6.45) is 3.99. The van der Waals surface area contributed by atoms with E-state index < -0.39 is 0 Å². The fourth-order valence-corrected chi connectivity index (χ4v) is 2.91. The van der Waals surface area contributed by atoms with Crippen LogP contribution in [-0.4, -0.2) is 15.0 Å². The molecule has 0 saturated carbocycles. The van der Waals surface area contributed by atoms with E-state index in [1.54, 1.807) is 0 Å². The topological polar surface area (TPSA) is 38.7 Å². The molecule has 0 unspecified atom stereocenters. The zero-order valence-electron chi connectivity index (χ0n) is 16.4. The first-order valence-corrected chi connectivity index (χ1v) is 9.25. The number of allylic oxidation sites excluding steroid dienone is 1. The van der Waals surface area contributed by atoms with Crippen LogP contribution in [0.5, 0.6) is 0 Å². The van der Waals surface area contributed by atoms with E-state index in [4.69, 9.17) is 9.97 Å². The van der Waals surface area contributed by atoms with Gasteiger partial charge >= 0.3 is 0 Å². The van der Waals surface area contributed by atoms with Gasteiger partial charge in [0.15, 0.2) is 11.6 Å². The normalized spacial score (nSPS) is 13.0. The molecular formula is C24H25N3. The first-order valence-electron chi connectivity index (χ1n) is 9.25. The van der Waals surface area contributed by atoms with Crippen molar-refractivity contribution in [2.45, 2.75) is 33.6 Å². The molecule has 0 aliphatic heterocycles. The van der Waals surface area contributed by atoms with Crippen LogP contribution in [0.4, 0.5) is 0 Å². The average Bonchev–Trinajstić information content (AvgIpc) is 2.72. The summed E-state index contributed by atoms with van der Waals surface area (Å²) in [6.45, 7) is 12.2. The van der Waals surface area contributed by atoms with Crippen LogP contribution in [0, 0.1) is 0 Å². The maximum absolute atomic E-state index is 4.76. The molecule has 3 heteroatoms. The van der Waals surface area contributed by atoms with Crippen molar-refractivity contribution in [1.29, 1.82) is 0 Å². The van der Waals surface area contributed by atoms with Crippen molar-refractivity contribution in [1.82, 2.24) is 15.0 Å². The van der Waals surface area contributed by atoms with Gasteiger partial charge in [0.2, 0.25) is 0 Å². The Hall–Kier alpha value is -3.07. The highest BCUT2D eigenvalue weighted by Crippen LogP contribution is 2.21. The third-order valence-electron chi connectivity index (χ3n) is 4.55. The molecular weight excluding hydrogens is 330 g/mol. The Morgan fingerprint density at radius 2 is 1.59 bits per heavy atom. The molecule has 1 aromatic heterocycles. The summed E-state index contributed by atoms with van der Waals surface area (Å²) >= 11 is 0. The van der Waals surface area contributed by atoms with Gasteiger partial charge < -0.3 is 0 Å². The number of aromatic nitrogens is 3. The summed E-state index contributed by atoms with van der Waals surface area (Å²) in [5.74, 6) is 2.45. The van der Waals surface area contributed by atoms with Crippen molar-refractivity contribution in [2.75, 3.05) is 0 Å².